The Morgan fingerprint density at radius 3 is 2.61 bits per heavy atom. The number of anilines is 1. The van der Waals surface area contributed by atoms with Gasteiger partial charge in [-0.25, -0.2) is 0 Å². The van der Waals surface area contributed by atoms with Crippen LogP contribution in [0.4, 0.5) is 5.69 Å². The number of nitrogens with zero attached hydrogens (tertiary/aromatic N) is 2. The minimum absolute atomic E-state index is 0.0592. The average Bonchev–Trinajstić information content (AvgIpc) is 2.40. The summed E-state index contributed by atoms with van der Waals surface area (Å²) < 4.78 is 4.88. The third kappa shape index (κ3) is 3.05. The molecule has 0 fully saturated rings. The van der Waals surface area contributed by atoms with Crippen LogP contribution in [0.25, 0.3) is 0 Å². The van der Waals surface area contributed by atoms with Crippen LogP contribution in [0, 0.1) is 22.7 Å². The largest absolute Gasteiger partial charge is 0.370 e. The highest BCUT2D eigenvalue weighted by molar-refractivity contribution is 5.94. The molecule has 0 saturated carbocycles. The second kappa shape index (κ2) is 6.36. The number of benzene rings is 1. The van der Waals surface area contributed by atoms with Gasteiger partial charge >= 0.3 is 0 Å². The molecule has 1 aromatic carbocycles. The number of hydrogen-bond acceptors (Lipinski definition) is 5. The molecule has 0 aliphatic rings. The van der Waals surface area contributed by atoms with Gasteiger partial charge in [-0.05, 0) is 18.2 Å². The average molecular weight is 244 g/mol. The number of nitriles is 2. The standard InChI is InChI=1S/C12H12N4O2/c1-18-11(7-15)12(17)16-10-3-2-8(5-13)9(4-10)6-14/h2-4,11H,7,15H2,1H3,(H,16,17). The summed E-state index contributed by atoms with van der Waals surface area (Å²) in [5.41, 5.74) is 6.25. The smallest absolute Gasteiger partial charge is 0.254 e. The van der Waals surface area contributed by atoms with E-state index in [-0.39, 0.29) is 17.7 Å². The number of carbonyl (C=O) groups is 1. The van der Waals surface area contributed by atoms with E-state index in [1.54, 1.807) is 6.07 Å². The van der Waals surface area contributed by atoms with Gasteiger partial charge in [-0.1, -0.05) is 0 Å². The first-order valence-corrected chi connectivity index (χ1v) is 5.14. The van der Waals surface area contributed by atoms with E-state index in [1.165, 1.54) is 19.2 Å². The van der Waals surface area contributed by atoms with Gasteiger partial charge in [0.1, 0.15) is 18.2 Å². The first-order valence-electron chi connectivity index (χ1n) is 5.14. The Kier molecular flexibility index (Phi) is 4.82. The van der Waals surface area contributed by atoms with Crippen molar-refractivity contribution in [1.82, 2.24) is 0 Å². The van der Waals surface area contributed by atoms with Gasteiger partial charge in [0, 0.05) is 19.3 Å². The van der Waals surface area contributed by atoms with Gasteiger partial charge in [-0.2, -0.15) is 10.5 Å². The van der Waals surface area contributed by atoms with Crippen LogP contribution in [-0.2, 0) is 9.53 Å². The second-order valence-electron chi connectivity index (χ2n) is 3.43. The molecule has 1 aromatic rings. The molecule has 6 nitrogen and oxygen atoms in total. The molecule has 1 unspecified atom stereocenters. The number of hydrogen-bond donors (Lipinski definition) is 2. The third-order valence-electron chi connectivity index (χ3n) is 2.32. The molecule has 18 heavy (non-hydrogen) atoms. The van der Waals surface area contributed by atoms with E-state index in [9.17, 15) is 4.79 Å². The van der Waals surface area contributed by atoms with E-state index >= 15 is 0 Å². The maximum atomic E-state index is 11.7. The van der Waals surface area contributed by atoms with Gasteiger partial charge in [-0.15, -0.1) is 0 Å². The second-order valence-corrected chi connectivity index (χ2v) is 3.43. The maximum Gasteiger partial charge on any atom is 0.254 e. The minimum Gasteiger partial charge on any atom is -0.370 e. The normalized spacial score (nSPS) is 11.1. The van der Waals surface area contributed by atoms with Crippen molar-refractivity contribution < 1.29 is 9.53 Å². The van der Waals surface area contributed by atoms with Crippen molar-refractivity contribution >= 4 is 11.6 Å². The molecule has 0 heterocycles. The van der Waals surface area contributed by atoms with Crippen molar-refractivity contribution in [3.8, 4) is 12.1 Å². The van der Waals surface area contributed by atoms with Crippen molar-refractivity contribution in [3.05, 3.63) is 29.3 Å². The SMILES string of the molecule is COC(CN)C(=O)Nc1ccc(C#N)c(C#N)c1. The van der Waals surface area contributed by atoms with Crippen molar-refractivity contribution in [2.75, 3.05) is 19.0 Å². The van der Waals surface area contributed by atoms with Crippen molar-refractivity contribution in [2.24, 2.45) is 5.73 Å². The Morgan fingerprint density at radius 1 is 1.44 bits per heavy atom. The first-order chi connectivity index (χ1) is 8.65. The highest BCUT2D eigenvalue weighted by atomic mass is 16.5. The summed E-state index contributed by atoms with van der Waals surface area (Å²) in [5.74, 6) is -0.395. The number of nitrogens with two attached hydrogens (primary N) is 1. The van der Waals surface area contributed by atoms with E-state index in [2.05, 4.69) is 5.32 Å². The maximum absolute atomic E-state index is 11.7. The first kappa shape index (κ1) is 13.7. The predicted octanol–water partition coefficient (Wildman–Crippen LogP) is 0.342. The van der Waals surface area contributed by atoms with Crippen LogP contribution in [-0.4, -0.2) is 25.7 Å². The zero-order valence-corrected chi connectivity index (χ0v) is 9.80. The molecule has 0 radical (unpaired) electrons. The number of amides is 1. The molecule has 0 bridgehead atoms. The van der Waals surface area contributed by atoms with Gasteiger partial charge in [0.2, 0.25) is 0 Å². The monoisotopic (exact) mass is 244 g/mol. The molecule has 0 aliphatic heterocycles. The molecule has 1 atom stereocenters. The van der Waals surface area contributed by atoms with Crippen molar-refractivity contribution in [1.29, 1.82) is 10.5 Å². The topological polar surface area (TPSA) is 112 Å². The zero-order chi connectivity index (χ0) is 13.5. The van der Waals surface area contributed by atoms with Gasteiger partial charge in [0.05, 0.1) is 11.1 Å². The van der Waals surface area contributed by atoms with Crippen molar-refractivity contribution in [2.45, 2.75) is 6.10 Å². The molecule has 0 aliphatic carbocycles. The lowest BCUT2D eigenvalue weighted by Crippen LogP contribution is -2.35. The van der Waals surface area contributed by atoms with Gasteiger partial charge < -0.3 is 15.8 Å². The fourth-order valence-corrected chi connectivity index (χ4v) is 1.35. The fraction of sp³-hybridized carbons (Fsp3) is 0.250. The van der Waals surface area contributed by atoms with Crippen LogP contribution in [0.2, 0.25) is 0 Å². The van der Waals surface area contributed by atoms with Crippen LogP contribution in [0.15, 0.2) is 18.2 Å². The summed E-state index contributed by atoms with van der Waals surface area (Å²) in [7, 11) is 1.39. The molecular formula is C12H12N4O2. The Labute approximate surface area is 105 Å². The third-order valence-corrected chi connectivity index (χ3v) is 2.32. The van der Waals surface area contributed by atoms with Crippen LogP contribution in [0.3, 0.4) is 0 Å². The fourth-order valence-electron chi connectivity index (χ4n) is 1.35. The van der Waals surface area contributed by atoms with E-state index in [0.29, 0.717) is 5.69 Å². The van der Waals surface area contributed by atoms with Gasteiger partial charge in [0.15, 0.2) is 0 Å². The summed E-state index contributed by atoms with van der Waals surface area (Å²) in [5, 5.41) is 20.2. The Morgan fingerprint density at radius 2 is 2.11 bits per heavy atom. The molecular weight excluding hydrogens is 232 g/mol. The summed E-state index contributed by atoms with van der Waals surface area (Å²) in [4.78, 5) is 11.7. The molecule has 0 saturated heterocycles. The predicted molar refractivity (Wildman–Crippen MR) is 64.4 cm³/mol. The summed E-state index contributed by atoms with van der Waals surface area (Å²) >= 11 is 0. The quantitative estimate of drug-likeness (QED) is 0.793. The Hall–Kier alpha value is -2.41. The highest BCUT2D eigenvalue weighted by Gasteiger charge is 2.16. The van der Waals surface area contributed by atoms with Crippen LogP contribution in [0.5, 0.6) is 0 Å². The zero-order valence-electron chi connectivity index (χ0n) is 9.80. The minimum atomic E-state index is -0.744. The van der Waals surface area contributed by atoms with Crippen molar-refractivity contribution in [3.63, 3.8) is 0 Å². The molecule has 0 spiro atoms. The summed E-state index contributed by atoms with van der Waals surface area (Å²) in [6, 6.07) is 8.22. The summed E-state index contributed by atoms with van der Waals surface area (Å²) in [6.45, 7) is 0.0592. The van der Waals surface area contributed by atoms with Gasteiger partial charge in [0.25, 0.3) is 5.91 Å². The van der Waals surface area contributed by atoms with E-state index < -0.39 is 12.0 Å². The van der Waals surface area contributed by atoms with Crippen LogP contribution in [0.1, 0.15) is 11.1 Å². The molecule has 1 rings (SSSR count). The van der Waals surface area contributed by atoms with Gasteiger partial charge in [-0.3, -0.25) is 4.79 Å². The highest BCUT2D eigenvalue weighted by Crippen LogP contribution is 2.15. The number of carbonyl (C=O) groups excluding carboxylic acids is 1. The van der Waals surface area contributed by atoms with E-state index in [1.807, 2.05) is 12.1 Å². The molecule has 0 aromatic heterocycles. The number of ether oxygens (including phenoxy) is 1. The Balaban J connectivity index is 2.91. The van der Waals surface area contributed by atoms with Crippen LogP contribution >= 0.6 is 0 Å². The lowest BCUT2D eigenvalue weighted by molar-refractivity contribution is -0.125. The number of nitrogens with one attached hydrogen (secondary N) is 1. The Bertz CT molecular complexity index is 524. The van der Waals surface area contributed by atoms with E-state index in [0.717, 1.165) is 0 Å². The molecule has 6 heteroatoms. The number of methoxy groups -OCH3 is 1. The summed E-state index contributed by atoms with van der Waals surface area (Å²) in [6.07, 6.45) is -0.744. The van der Waals surface area contributed by atoms with E-state index in [4.69, 9.17) is 21.0 Å². The number of rotatable bonds is 4. The molecule has 1 amide bonds. The lowest BCUT2D eigenvalue weighted by atomic mass is 10.1. The molecule has 3 N–H and O–H groups in total. The lowest BCUT2D eigenvalue weighted by Gasteiger charge is -2.13. The van der Waals surface area contributed by atoms with Crippen LogP contribution < -0.4 is 11.1 Å². The molecule has 92 valence electrons.